The highest BCUT2D eigenvalue weighted by Gasteiger charge is 2.21. The molecule has 0 saturated carbocycles. The lowest BCUT2D eigenvalue weighted by molar-refractivity contribution is -0.121. The number of nitrogens with one attached hydrogen (secondary N) is 1. The molecule has 0 spiro atoms. The van der Waals surface area contributed by atoms with Crippen LogP contribution in [0.1, 0.15) is 23.2 Å². The molecule has 0 radical (unpaired) electrons. The first-order valence-electron chi connectivity index (χ1n) is 8.50. The van der Waals surface area contributed by atoms with E-state index >= 15 is 0 Å². The number of piperazine rings is 1. The van der Waals surface area contributed by atoms with Crippen molar-refractivity contribution in [3.63, 3.8) is 0 Å². The molecule has 0 atom stereocenters. The molecule has 2 amide bonds. The number of benzene rings is 1. The fraction of sp³-hybridized carbons (Fsp3) is 0.500. The maximum Gasteiger partial charge on any atom is 0.409 e. The molecule has 25 heavy (non-hydrogen) atoms. The molecule has 0 unspecified atom stereocenters. The summed E-state index contributed by atoms with van der Waals surface area (Å²) in [5.41, 5.74) is 0.638. The van der Waals surface area contributed by atoms with Gasteiger partial charge in [-0.25, -0.2) is 4.79 Å². The molecule has 1 fully saturated rings. The van der Waals surface area contributed by atoms with Crippen molar-refractivity contribution in [2.45, 2.75) is 12.8 Å². The van der Waals surface area contributed by atoms with Gasteiger partial charge in [0, 0.05) is 57.7 Å². The van der Waals surface area contributed by atoms with Crippen molar-refractivity contribution in [3.05, 3.63) is 35.9 Å². The number of ether oxygens (including phenoxy) is 1. The van der Waals surface area contributed by atoms with Crippen molar-refractivity contribution in [1.29, 1.82) is 0 Å². The number of methoxy groups -OCH3 is 1. The molecular formula is C18H25N3O4. The first-order chi connectivity index (χ1) is 12.1. The maximum absolute atomic E-state index is 12.0. The van der Waals surface area contributed by atoms with Crippen LogP contribution in [-0.4, -0.2) is 74.0 Å². The summed E-state index contributed by atoms with van der Waals surface area (Å²) in [4.78, 5) is 39.1. The molecule has 1 heterocycles. The summed E-state index contributed by atoms with van der Waals surface area (Å²) < 4.78 is 4.70. The van der Waals surface area contributed by atoms with E-state index in [0.717, 1.165) is 19.6 Å². The molecule has 0 bridgehead atoms. The standard InChI is InChI=1S/C18H25N3O4/c1-25-18(24)21-13-11-20(12-14-21)10-9-19-17(23)8-7-16(22)15-5-3-2-4-6-15/h2-6H,7-14H2,1H3,(H,19,23). The molecular weight excluding hydrogens is 322 g/mol. The van der Waals surface area contributed by atoms with E-state index in [1.165, 1.54) is 7.11 Å². The first-order valence-corrected chi connectivity index (χ1v) is 8.50. The molecule has 1 aromatic carbocycles. The predicted octanol–water partition coefficient (Wildman–Crippen LogP) is 1.15. The van der Waals surface area contributed by atoms with Gasteiger partial charge in [-0.2, -0.15) is 0 Å². The van der Waals surface area contributed by atoms with Crippen LogP contribution in [0.25, 0.3) is 0 Å². The van der Waals surface area contributed by atoms with Gasteiger partial charge in [0.25, 0.3) is 0 Å². The molecule has 7 nitrogen and oxygen atoms in total. The summed E-state index contributed by atoms with van der Waals surface area (Å²) in [5, 5.41) is 2.84. The molecule has 0 aliphatic carbocycles. The van der Waals surface area contributed by atoms with E-state index in [9.17, 15) is 14.4 Å². The number of hydrogen-bond donors (Lipinski definition) is 1. The number of carbonyl (C=O) groups excluding carboxylic acids is 3. The minimum atomic E-state index is -0.295. The number of ketones is 1. The summed E-state index contributed by atoms with van der Waals surface area (Å²) in [7, 11) is 1.38. The lowest BCUT2D eigenvalue weighted by Crippen LogP contribution is -2.50. The number of hydrogen-bond acceptors (Lipinski definition) is 5. The smallest absolute Gasteiger partial charge is 0.409 e. The number of carbonyl (C=O) groups is 3. The highest BCUT2D eigenvalue weighted by atomic mass is 16.5. The van der Waals surface area contributed by atoms with E-state index in [0.29, 0.717) is 25.2 Å². The summed E-state index contributed by atoms with van der Waals surface area (Å²) in [5.74, 6) is -0.132. The van der Waals surface area contributed by atoms with Crippen molar-refractivity contribution in [2.24, 2.45) is 0 Å². The predicted molar refractivity (Wildman–Crippen MR) is 93.4 cm³/mol. The fourth-order valence-electron chi connectivity index (χ4n) is 2.72. The summed E-state index contributed by atoms with van der Waals surface area (Å²) in [6, 6.07) is 9.00. The average Bonchev–Trinajstić information content (AvgIpc) is 2.66. The Morgan fingerprint density at radius 2 is 1.72 bits per heavy atom. The highest BCUT2D eigenvalue weighted by Crippen LogP contribution is 2.05. The molecule has 1 saturated heterocycles. The van der Waals surface area contributed by atoms with Crippen LogP contribution in [0.15, 0.2) is 30.3 Å². The molecule has 1 aromatic rings. The Morgan fingerprint density at radius 3 is 2.36 bits per heavy atom. The van der Waals surface area contributed by atoms with Crippen LogP contribution < -0.4 is 5.32 Å². The van der Waals surface area contributed by atoms with Gasteiger partial charge in [0.15, 0.2) is 5.78 Å². The van der Waals surface area contributed by atoms with Crippen LogP contribution in [0, 0.1) is 0 Å². The molecule has 136 valence electrons. The van der Waals surface area contributed by atoms with E-state index in [1.807, 2.05) is 18.2 Å². The molecule has 1 aliphatic heterocycles. The van der Waals surface area contributed by atoms with E-state index in [1.54, 1.807) is 17.0 Å². The SMILES string of the molecule is COC(=O)N1CCN(CCNC(=O)CCC(=O)c2ccccc2)CC1. The Balaban J connectivity index is 1.58. The highest BCUT2D eigenvalue weighted by molar-refractivity contribution is 5.97. The third-order valence-corrected chi connectivity index (χ3v) is 4.23. The lowest BCUT2D eigenvalue weighted by atomic mass is 10.1. The Bertz CT molecular complexity index is 583. The van der Waals surface area contributed by atoms with Crippen LogP contribution in [0.5, 0.6) is 0 Å². The minimum Gasteiger partial charge on any atom is -0.453 e. The van der Waals surface area contributed by atoms with Gasteiger partial charge in [0.2, 0.25) is 5.91 Å². The minimum absolute atomic E-state index is 0.0188. The molecule has 7 heteroatoms. The quantitative estimate of drug-likeness (QED) is 0.749. The largest absolute Gasteiger partial charge is 0.453 e. The van der Waals surface area contributed by atoms with Crippen LogP contribution in [0.2, 0.25) is 0 Å². The first kappa shape index (κ1) is 18.9. The third kappa shape index (κ3) is 6.19. The average molecular weight is 347 g/mol. The topological polar surface area (TPSA) is 79.0 Å². The van der Waals surface area contributed by atoms with Crippen molar-refractivity contribution in [1.82, 2.24) is 15.1 Å². The van der Waals surface area contributed by atoms with Crippen molar-refractivity contribution in [2.75, 3.05) is 46.4 Å². The Labute approximate surface area is 147 Å². The van der Waals surface area contributed by atoms with Gasteiger partial charge in [0.1, 0.15) is 0 Å². The number of nitrogens with zero attached hydrogens (tertiary/aromatic N) is 2. The summed E-state index contributed by atoms with van der Waals surface area (Å²) in [6.45, 7) is 4.05. The molecule has 0 aromatic heterocycles. The van der Waals surface area contributed by atoms with Crippen LogP contribution >= 0.6 is 0 Å². The summed E-state index contributed by atoms with van der Waals surface area (Å²) >= 11 is 0. The van der Waals surface area contributed by atoms with Gasteiger partial charge in [-0.15, -0.1) is 0 Å². The van der Waals surface area contributed by atoms with Crippen molar-refractivity contribution >= 4 is 17.8 Å². The molecule has 1 N–H and O–H groups in total. The zero-order chi connectivity index (χ0) is 18.1. The number of rotatable bonds is 7. The van der Waals surface area contributed by atoms with Gasteiger partial charge in [-0.05, 0) is 0 Å². The summed E-state index contributed by atoms with van der Waals surface area (Å²) in [6.07, 6.45) is 0.119. The normalized spacial score (nSPS) is 14.8. The molecule has 1 aliphatic rings. The van der Waals surface area contributed by atoms with E-state index in [-0.39, 0.29) is 30.6 Å². The van der Waals surface area contributed by atoms with E-state index < -0.39 is 0 Å². The lowest BCUT2D eigenvalue weighted by Gasteiger charge is -2.33. The second-order valence-corrected chi connectivity index (χ2v) is 5.94. The van der Waals surface area contributed by atoms with Gasteiger partial charge in [0.05, 0.1) is 7.11 Å². The number of amides is 2. The van der Waals surface area contributed by atoms with Gasteiger partial charge < -0.3 is 15.0 Å². The van der Waals surface area contributed by atoms with Crippen molar-refractivity contribution in [3.8, 4) is 0 Å². The number of Topliss-reactive ketones (excluding diaryl/α,β-unsaturated/α-hetero) is 1. The zero-order valence-corrected chi connectivity index (χ0v) is 14.6. The second-order valence-electron chi connectivity index (χ2n) is 5.94. The fourth-order valence-corrected chi connectivity index (χ4v) is 2.72. The van der Waals surface area contributed by atoms with Crippen molar-refractivity contribution < 1.29 is 19.1 Å². The van der Waals surface area contributed by atoms with Crippen LogP contribution in [0.3, 0.4) is 0 Å². The van der Waals surface area contributed by atoms with Gasteiger partial charge >= 0.3 is 6.09 Å². The van der Waals surface area contributed by atoms with Crippen LogP contribution in [-0.2, 0) is 9.53 Å². The van der Waals surface area contributed by atoms with E-state index in [2.05, 4.69) is 10.2 Å². The Morgan fingerprint density at radius 1 is 1.04 bits per heavy atom. The Hall–Kier alpha value is -2.41. The zero-order valence-electron chi connectivity index (χ0n) is 14.6. The molecule has 2 rings (SSSR count). The van der Waals surface area contributed by atoms with E-state index in [4.69, 9.17) is 4.74 Å². The Kier molecular flexibility index (Phi) is 7.40. The maximum atomic E-state index is 12.0. The van der Waals surface area contributed by atoms with Gasteiger partial charge in [-0.3, -0.25) is 14.5 Å². The third-order valence-electron chi connectivity index (χ3n) is 4.23. The van der Waals surface area contributed by atoms with Gasteiger partial charge in [-0.1, -0.05) is 30.3 Å². The second kappa shape index (κ2) is 9.78. The monoisotopic (exact) mass is 347 g/mol. The van der Waals surface area contributed by atoms with Crippen LogP contribution in [0.4, 0.5) is 4.79 Å².